The quantitative estimate of drug-likeness (QED) is 0.777. The van der Waals surface area contributed by atoms with Gasteiger partial charge in [-0.1, -0.05) is 31.2 Å². The van der Waals surface area contributed by atoms with E-state index in [-0.39, 0.29) is 12.4 Å². The van der Waals surface area contributed by atoms with Crippen LogP contribution in [-0.2, 0) is 16.0 Å². The fraction of sp³-hybridized carbons (Fsp3) is 0.462. The molecule has 0 aromatic heterocycles. The maximum Gasteiger partial charge on any atom is 0.308 e. The van der Waals surface area contributed by atoms with Crippen molar-refractivity contribution in [2.45, 2.75) is 32.8 Å². The van der Waals surface area contributed by atoms with Crippen LogP contribution in [0.4, 0.5) is 0 Å². The van der Waals surface area contributed by atoms with Gasteiger partial charge in [0.05, 0.1) is 19.1 Å². The first-order chi connectivity index (χ1) is 7.67. The number of carbonyl (C=O) groups excluding carboxylic acids is 1. The van der Waals surface area contributed by atoms with E-state index in [2.05, 4.69) is 6.92 Å². The Kier molecular flexibility index (Phi) is 4.99. The van der Waals surface area contributed by atoms with Crippen molar-refractivity contribution in [2.24, 2.45) is 0 Å². The molecule has 1 rings (SSSR count). The standard InChI is InChI=1S/C13H18O3/c1-3-10-5-7-11(8-6-10)12(14)9-13(15)16-4-2/h5-8,12,14H,3-4,9H2,1-2H3. The Labute approximate surface area is 96.1 Å². The third-order valence-corrected chi connectivity index (χ3v) is 2.44. The lowest BCUT2D eigenvalue weighted by molar-refractivity contribution is -0.145. The van der Waals surface area contributed by atoms with Crippen LogP contribution < -0.4 is 0 Å². The van der Waals surface area contributed by atoms with Crippen LogP contribution in [0.15, 0.2) is 24.3 Å². The van der Waals surface area contributed by atoms with Crippen LogP contribution in [-0.4, -0.2) is 17.7 Å². The molecule has 0 heterocycles. The van der Waals surface area contributed by atoms with Gasteiger partial charge in [-0.15, -0.1) is 0 Å². The lowest BCUT2D eigenvalue weighted by Crippen LogP contribution is -2.10. The van der Waals surface area contributed by atoms with E-state index in [0.717, 1.165) is 12.0 Å². The molecule has 3 heteroatoms. The first-order valence-corrected chi connectivity index (χ1v) is 5.59. The van der Waals surface area contributed by atoms with Crippen LogP contribution in [0.2, 0.25) is 0 Å². The van der Waals surface area contributed by atoms with Crippen molar-refractivity contribution in [3.63, 3.8) is 0 Å². The van der Waals surface area contributed by atoms with E-state index in [9.17, 15) is 9.90 Å². The van der Waals surface area contributed by atoms with Gasteiger partial charge in [-0.3, -0.25) is 4.79 Å². The topological polar surface area (TPSA) is 46.5 Å². The second-order valence-corrected chi connectivity index (χ2v) is 3.62. The summed E-state index contributed by atoms with van der Waals surface area (Å²) >= 11 is 0. The van der Waals surface area contributed by atoms with Crippen molar-refractivity contribution in [3.05, 3.63) is 35.4 Å². The molecule has 16 heavy (non-hydrogen) atoms. The number of carbonyl (C=O) groups is 1. The highest BCUT2D eigenvalue weighted by Crippen LogP contribution is 2.17. The number of esters is 1. The van der Waals surface area contributed by atoms with Crippen LogP contribution in [0.25, 0.3) is 0 Å². The van der Waals surface area contributed by atoms with E-state index in [4.69, 9.17) is 4.74 Å². The van der Waals surface area contributed by atoms with Crippen LogP contribution >= 0.6 is 0 Å². The smallest absolute Gasteiger partial charge is 0.308 e. The van der Waals surface area contributed by atoms with Gasteiger partial charge in [0.25, 0.3) is 0 Å². The number of hydrogen-bond acceptors (Lipinski definition) is 3. The second kappa shape index (κ2) is 6.28. The van der Waals surface area contributed by atoms with Gasteiger partial charge in [-0.25, -0.2) is 0 Å². The SMILES string of the molecule is CCOC(=O)CC(O)c1ccc(CC)cc1. The molecule has 0 bridgehead atoms. The molecule has 0 aliphatic rings. The fourth-order valence-electron chi connectivity index (χ4n) is 1.47. The maximum atomic E-state index is 11.2. The van der Waals surface area contributed by atoms with Gasteiger partial charge in [0.15, 0.2) is 0 Å². The zero-order valence-electron chi connectivity index (χ0n) is 9.77. The first-order valence-electron chi connectivity index (χ1n) is 5.59. The molecule has 1 aromatic carbocycles. The minimum Gasteiger partial charge on any atom is -0.466 e. The molecule has 1 N–H and O–H groups in total. The molecule has 88 valence electrons. The zero-order valence-corrected chi connectivity index (χ0v) is 9.77. The highest BCUT2D eigenvalue weighted by molar-refractivity contribution is 5.70. The third-order valence-electron chi connectivity index (χ3n) is 2.44. The van der Waals surface area contributed by atoms with Gasteiger partial charge >= 0.3 is 5.97 Å². The summed E-state index contributed by atoms with van der Waals surface area (Å²) in [5.74, 6) is -0.366. The van der Waals surface area contributed by atoms with Crippen molar-refractivity contribution in [1.29, 1.82) is 0 Å². The van der Waals surface area contributed by atoms with Crippen molar-refractivity contribution < 1.29 is 14.6 Å². The molecule has 0 saturated heterocycles. The molecule has 1 aromatic rings. The summed E-state index contributed by atoms with van der Waals surface area (Å²) in [6.45, 7) is 4.17. The molecule has 1 atom stereocenters. The Hall–Kier alpha value is -1.35. The van der Waals surface area contributed by atoms with Gasteiger partial charge in [0.2, 0.25) is 0 Å². The Balaban J connectivity index is 2.58. The summed E-state index contributed by atoms with van der Waals surface area (Å²) in [5.41, 5.74) is 1.97. The summed E-state index contributed by atoms with van der Waals surface area (Å²) < 4.78 is 4.78. The number of hydrogen-bond donors (Lipinski definition) is 1. The maximum absolute atomic E-state index is 11.2. The average Bonchev–Trinajstić information content (AvgIpc) is 2.29. The number of rotatable bonds is 5. The van der Waals surface area contributed by atoms with Gasteiger partial charge in [0.1, 0.15) is 0 Å². The third kappa shape index (κ3) is 3.66. The van der Waals surface area contributed by atoms with E-state index in [0.29, 0.717) is 6.61 Å². The molecule has 0 spiro atoms. The minimum atomic E-state index is -0.773. The van der Waals surface area contributed by atoms with E-state index in [1.54, 1.807) is 6.92 Å². The highest BCUT2D eigenvalue weighted by atomic mass is 16.5. The fourth-order valence-corrected chi connectivity index (χ4v) is 1.47. The monoisotopic (exact) mass is 222 g/mol. The van der Waals surface area contributed by atoms with Crippen LogP contribution in [0.1, 0.15) is 37.5 Å². The largest absolute Gasteiger partial charge is 0.466 e. The van der Waals surface area contributed by atoms with Gasteiger partial charge in [0, 0.05) is 0 Å². The predicted molar refractivity (Wildman–Crippen MR) is 62.0 cm³/mol. The number of aliphatic hydroxyl groups is 1. The van der Waals surface area contributed by atoms with E-state index >= 15 is 0 Å². The van der Waals surface area contributed by atoms with E-state index in [1.807, 2.05) is 24.3 Å². The highest BCUT2D eigenvalue weighted by Gasteiger charge is 2.13. The predicted octanol–water partition coefficient (Wildman–Crippen LogP) is 2.24. The molecule has 0 aliphatic heterocycles. The Morgan fingerprint density at radius 2 is 1.94 bits per heavy atom. The van der Waals surface area contributed by atoms with E-state index in [1.165, 1.54) is 5.56 Å². The zero-order chi connectivity index (χ0) is 12.0. The summed E-state index contributed by atoms with van der Waals surface area (Å²) in [7, 11) is 0. The number of aryl methyl sites for hydroxylation is 1. The summed E-state index contributed by atoms with van der Waals surface area (Å²) in [4.78, 5) is 11.2. The Bertz CT molecular complexity index is 330. The van der Waals surface area contributed by atoms with Crippen molar-refractivity contribution in [1.82, 2.24) is 0 Å². The van der Waals surface area contributed by atoms with Crippen LogP contribution in [0, 0.1) is 0 Å². The summed E-state index contributed by atoms with van der Waals surface area (Å²) in [6, 6.07) is 7.62. The van der Waals surface area contributed by atoms with Crippen LogP contribution in [0.5, 0.6) is 0 Å². The van der Waals surface area contributed by atoms with Gasteiger partial charge in [-0.2, -0.15) is 0 Å². The van der Waals surface area contributed by atoms with Crippen LogP contribution in [0.3, 0.4) is 0 Å². The van der Waals surface area contributed by atoms with E-state index < -0.39 is 6.10 Å². The number of aliphatic hydroxyl groups excluding tert-OH is 1. The Morgan fingerprint density at radius 3 is 2.44 bits per heavy atom. The average molecular weight is 222 g/mol. The Morgan fingerprint density at radius 1 is 1.31 bits per heavy atom. The molecule has 0 aliphatic carbocycles. The number of ether oxygens (including phenoxy) is 1. The summed E-state index contributed by atoms with van der Waals surface area (Å²) in [6.07, 6.45) is 0.207. The molecule has 0 amide bonds. The molecule has 1 unspecified atom stereocenters. The van der Waals surface area contributed by atoms with Crippen molar-refractivity contribution >= 4 is 5.97 Å². The normalized spacial score (nSPS) is 12.2. The lowest BCUT2D eigenvalue weighted by Gasteiger charge is -2.10. The number of benzene rings is 1. The molecule has 0 fully saturated rings. The first kappa shape index (κ1) is 12.7. The van der Waals surface area contributed by atoms with Gasteiger partial charge < -0.3 is 9.84 Å². The molecular weight excluding hydrogens is 204 g/mol. The van der Waals surface area contributed by atoms with Crippen molar-refractivity contribution in [3.8, 4) is 0 Å². The van der Waals surface area contributed by atoms with Gasteiger partial charge in [-0.05, 0) is 24.5 Å². The molecule has 0 radical (unpaired) electrons. The molecule has 0 saturated carbocycles. The minimum absolute atomic E-state index is 0.0132. The van der Waals surface area contributed by atoms with Crippen molar-refractivity contribution in [2.75, 3.05) is 6.61 Å². The molecular formula is C13H18O3. The summed E-state index contributed by atoms with van der Waals surface area (Å²) in [5, 5.41) is 9.78. The molecule has 3 nitrogen and oxygen atoms in total. The second-order valence-electron chi connectivity index (χ2n) is 3.62. The lowest BCUT2D eigenvalue weighted by atomic mass is 10.0.